The van der Waals surface area contributed by atoms with Crippen molar-refractivity contribution < 1.29 is 13.2 Å². The Hall–Kier alpha value is -2.71. The molecule has 0 aliphatic rings. The van der Waals surface area contributed by atoms with Gasteiger partial charge in [-0.25, -0.2) is 18.1 Å². The van der Waals surface area contributed by atoms with E-state index in [1.807, 2.05) is 47.1 Å². The van der Waals surface area contributed by atoms with Gasteiger partial charge in [-0.1, -0.05) is 18.2 Å². The molecule has 0 radical (unpaired) electrons. The molecule has 0 saturated heterocycles. The number of nitrogens with one attached hydrogen (secondary N) is 2. The van der Waals surface area contributed by atoms with E-state index in [-0.39, 0.29) is 5.91 Å². The summed E-state index contributed by atoms with van der Waals surface area (Å²) >= 11 is 0. The molecular weight excluding hydrogens is 352 g/mol. The molecule has 7 nitrogen and oxygen atoms in total. The molecule has 1 aromatic carbocycles. The lowest BCUT2D eigenvalue weighted by atomic mass is 10.1. The predicted molar refractivity (Wildman–Crippen MR) is 99.4 cm³/mol. The fraction of sp³-hybridized carbons (Fsp3) is 0.222. The zero-order chi connectivity index (χ0) is 18.6. The van der Waals surface area contributed by atoms with Crippen LogP contribution < -0.4 is 10.0 Å². The van der Waals surface area contributed by atoms with Gasteiger partial charge in [-0.05, 0) is 36.2 Å². The molecule has 0 aliphatic carbocycles. The van der Waals surface area contributed by atoms with Gasteiger partial charge in [0, 0.05) is 24.5 Å². The largest absolute Gasteiger partial charge is 0.346 e. The smallest absolute Gasteiger partial charge is 0.251 e. The second-order valence-electron chi connectivity index (χ2n) is 5.99. The van der Waals surface area contributed by atoms with E-state index in [9.17, 15) is 13.2 Å². The van der Waals surface area contributed by atoms with E-state index >= 15 is 0 Å². The molecule has 8 heteroatoms. The van der Waals surface area contributed by atoms with E-state index in [1.165, 1.54) is 0 Å². The first-order chi connectivity index (χ1) is 12.4. The highest BCUT2D eigenvalue weighted by molar-refractivity contribution is 7.88. The number of hydrogen-bond donors (Lipinski definition) is 2. The summed E-state index contributed by atoms with van der Waals surface area (Å²) in [5.74, 6) is -0.178. The summed E-state index contributed by atoms with van der Waals surface area (Å²) in [5.41, 5.74) is 3.13. The summed E-state index contributed by atoms with van der Waals surface area (Å²) in [4.78, 5) is 16.7. The van der Waals surface area contributed by atoms with Gasteiger partial charge in [-0.2, -0.15) is 0 Å². The lowest BCUT2D eigenvalue weighted by molar-refractivity contribution is 0.0950. The van der Waals surface area contributed by atoms with Crippen molar-refractivity contribution in [1.29, 1.82) is 0 Å². The Kier molecular flexibility index (Phi) is 5.34. The van der Waals surface area contributed by atoms with Crippen molar-refractivity contribution >= 4 is 21.6 Å². The minimum atomic E-state index is -3.18. The molecule has 0 bridgehead atoms. The zero-order valence-electron chi connectivity index (χ0n) is 14.3. The molecule has 2 heterocycles. The number of carbonyl (C=O) groups excluding carboxylic acids is 1. The SMILES string of the molecule is CS(=O)(=O)NCCc1ccc(C(=O)NCc2cn3ccccc3n2)cc1. The van der Waals surface area contributed by atoms with Gasteiger partial charge in [0.05, 0.1) is 18.5 Å². The third-order valence-electron chi connectivity index (χ3n) is 3.84. The van der Waals surface area contributed by atoms with Gasteiger partial charge >= 0.3 is 0 Å². The number of amides is 1. The number of pyridine rings is 1. The van der Waals surface area contributed by atoms with Crippen LogP contribution in [0.15, 0.2) is 54.9 Å². The summed E-state index contributed by atoms with van der Waals surface area (Å²) in [6.07, 6.45) is 5.48. The van der Waals surface area contributed by atoms with Crippen molar-refractivity contribution in [2.75, 3.05) is 12.8 Å². The van der Waals surface area contributed by atoms with E-state index in [0.29, 0.717) is 25.1 Å². The Morgan fingerprint density at radius 1 is 1.15 bits per heavy atom. The summed E-state index contributed by atoms with van der Waals surface area (Å²) in [6.45, 7) is 0.679. The average Bonchev–Trinajstić information content (AvgIpc) is 3.02. The number of carbonyl (C=O) groups is 1. The number of hydrogen-bond acceptors (Lipinski definition) is 4. The number of imidazole rings is 1. The van der Waals surface area contributed by atoms with E-state index in [0.717, 1.165) is 23.2 Å². The van der Waals surface area contributed by atoms with Gasteiger partial charge in [0.2, 0.25) is 10.0 Å². The Balaban J connectivity index is 1.54. The second kappa shape index (κ2) is 7.67. The second-order valence-corrected chi connectivity index (χ2v) is 7.83. The summed E-state index contributed by atoms with van der Waals surface area (Å²) in [6, 6.07) is 12.8. The van der Waals surface area contributed by atoms with Crippen LogP contribution in [0.25, 0.3) is 5.65 Å². The van der Waals surface area contributed by atoms with Gasteiger partial charge in [-0.3, -0.25) is 4.79 Å². The first-order valence-electron chi connectivity index (χ1n) is 8.15. The number of benzene rings is 1. The number of aromatic nitrogens is 2. The quantitative estimate of drug-likeness (QED) is 0.655. The lowest BCUT2D eigenvalue weighted by Gasteiger charge is -2.06. The van der Waals surface area contributed by atoms with Gasteiger partial charge in [0.1, 0.15) is 5.65 Å². The molecule has 1 amide bonds. The van der Waals surface area contributed by atoms with Crippen molar-refractivity contribution in [3.8, 4) is 0 Å². The molecule has 136 valence electrons. The van der Waals surface area contributed by atoms with Crippen molar-refractivity contribution in [1.82, 2.24) is 19.4 Å². The molecule has 0 aliphatic heterocycles. The molecule has 0 spiro atoms. The summed E-state index contributed by atoms with van der Waals surface area (Å²) in [5, 5.41) is 2.85. The number of fused-ring (bicyclic) bond motifs is 1. The first-order valence-corrected chi connectivity index (χ1v) is 10.0. The monoisotopic (exact) mass is 372 g/mol. The maximum atomic E-state index is 12.3. The summed E-state index contributed by atoms with van der Waals surface area (Å²) in [7, 11) is -3.18. The van der Waals surface area contributed by atoms with Crippen LogP contribution in [0, 0.1) is 0 Å². The van der Waals surface area contributed by atoms with E-state index < -0.39 is 10.0 Å². The Bertz CT molecular complexity index is 977. The molecule has 0 saturated carbocycles. The van der Waals surface area contributed by atoms with Crippen molar-refractivity contribution in [3.05, 3.63) is 71.7 Å². The first kappa shape index (κ1) is 18.1. The molecular formula is C18H20N4O3S. The molecule has 0 fully saturated rings. The van der Waals surface area contributed by atoms with Crippen LogP contribution in [0.1, 0.15) is 21.6 Å². The topological polar surface area (TPSA) is 92.6 Å². The lowest BCUT2D eigenvalue weighted by Crippen LogP contribution is -2.24. The van der Waals surface area contributed by atoms with Crippen LogP contribution in [0.3, 0.4) is 0 Å². The molecule has 0 atom stereocenters. The number of sulfonamides is 1. The fourth-order valence-corrected chi connectivity index (χ4v) is 3.02. The Morgan fingerprint density at radius 2 is 1.92 bits per heavy atom. The molecule has 2 aromatic heterocycles. The van der Waals surface area contributed by atoms with Crippen molar-refractivity contribution in [3.63, 3.8) is 0 Å². The highest BCUT2D eigenvalue weighted by Crippen LogP contribution is 2.07. The third-order valence-corrected chi connectivity index (χ3v) is 4.57. The number of nitrogens with zero attached hydrogens (tertiary/aromatic N) is 2. The zero-order valence-corrected chi connectivity index (χ0v) is 15.2. The molecule has 2 N–H and O–H groups in total. The minimum Gasteiger partial charge on any atom is -0.346 e. The van der Waals surface area contributed by atoms with E-state index in [4.69, 9.17) is 0 Å². The van der Waals surface area contributed by atoms with Crippen molar-refractivity contribution in [2.45, 2.75) is 13.0 Å². The molecule has 0 unspecified atom stereocenters. The summed E-state index contributed by atoms with van der Waals surface area (Å²) < 4.78 is 26.4. The highest BCUT2D eigenvalue weighted by Gasteiger charge is 2.07. The van der Waals surface area contributed by atoms with E-state index in [2.05, 4.69) is 15.0 Å². The molecule has 3 aromatic rings. The highest BCUT2D eigenvalue weighted by atomic mass is 32.2. The maximum absolute atomic E-state index is 12.3. The van der Waals surface area contributed by atoms with Crippen LogP contribution >= 0.6 is 0 Å². The van der Waals surface area contributed by atoms with Gasteiger partial charge < -0.3 is 9.72 Å². The number of rotatable bonds is 7. The van der Waals surface area contributed by atoms with Gasteiger partial charge in [0.25, 0.3) is 5.91 Å². The fourth-order valence-electron chi connectivity index (χ4n) is 2.55. The van der Waals surface area contributed by atoms with Gasteiger partial charge in [0.15, 0.2) is 0 Å². The molecule has 3 rings (SSSR count). The van der Waals surface area contributed by atoms with Crippen LogP contribution in [0.2, 0.25) is 0 Å². The Morgan fingerprint density at radius 3 is 2.62 bits per heavy atom. The van der Waals surface area contributed by atoms with Crippen LogP contribution in [0.5, 0.6) is 0 Å². The average molecular weight is 372 g/mol. The van der Waals surface area contributed by atoms with E-state index in [1.54, 1.807) is 12.1 Å². The van der Waals surface area contributed by atoms with Gasteiger partial charge in [-0.15, -0.1) is 0 Å². The minimum absolute atomic E-state index is 0.178. The maximum Gasteiger partial charge on any atom is 0.251 e. The van der Waals surface area contributed by atoms with Crippen LogP contribution in [-0.2, 0) is 23.0 Å². The normalized spacial score (nSPS) is 11.6. The van der Waals surface area contributed by atoms with Crippen molar-refractivity contribution in [2.24, 2.45) is 0 Å². The third kappa shape index (κ3) is 4.90. The molecule has 26 heavy (non-hydrogen) atoms. The van der Waals surface area contributed by atoms with Crippen LogP contribution in [0.4, 0.5) is 0 Å². The van der Waals surface area contributed by atoms with Crippen LogP contribution in [-0.4, -0.2) is 36.5 Å². The predicted octanol–water partition coefficient (Wildman–Crippen LogP) is 1.36. The standard InChI is InChI=1S/C18H20N4O3S/c1-26(24,25)20-10-9-14-5-7-15(8-6-14)18(23)19-12-16-13-22-11-3-2-4-17(22)21-16/h2-8,11,13,20H,9-10,12H2,1H3,(H,19,23). The Labute approximate surface area is 152 Å².